The summed E-state index contributed by atoms with van der Waals surface area (Å²) in [5.41, 5.74) is 5.34. The second-order valence-electron chi connectivity index (χ2n) is 14.4. The predicted octanol–water partition coefficient (Wildman–Crippen LogP) is 11.5. The first-order valence-electron chi connectivity index (χ1n) is 20.2. The number of aliphatic hydroxyl groups excluding tert-OH is 2. The molecule has 0 aliphatic heterocycles. The molecule has 0 atom stereocenters. The fraction of sp³-hybridized carbons (Fsp3) is 0.0870. The van der Waals surface area contributed by atoms with Crippen LogP contribution in [0, 0.1) is 0 Å². The van der Waals surface area contributed by atoms with Crippen molar-refractivity contribution >= 4 is 99.9 Å². The first-order valence-corrected chi connectivity index (χ1v) is 23.0. The fourth-order valence-corrected chi connectivity index (χ4v) is 7.00. The van der Waals surface area contributed by atoms with Gasteiger partial charge in [0.2, 0.25) is 11.9 Å². The molecule has 8 N–H and O–H groups in total. The molecule has 0 radical (unpaired) electrons. The smallest absolute Gasteiger partial charge is 0.229 e. The molecule has 6 heterocycles. The highest BCUT2D eigenvalue weighted by Crippen LogP contribution is 2.39. The predicted molar refractivity (Wildman–Crippen MR) is 260 cm³/mol. The molecule has 0 spiro atoms. The molecule has 332 valence electrons. The van der Waals surface area contributed by atoms with Gasteiger partial charge in [-0.15, -0.1) is 8.58 Å². The van der Waals surface area contributed by atoms with Gasteiger partial charge in [-0.2, -0.15) is 20.2 Å². The maximum Gasteiger partial charge on any atom is 0.229 e. The minimum atomic E-state index is -0.211. The van der Waals surface area contributed by atoms with Gasteiger partial charge in [-0.1, -0.05) is 47.5 Å². The molecule has 4 aromatic carbocycles. The highest BCUT2D eigenvalue weighted by atomic mass is 35.5. The standard InChI is InChI=1S/C44H32Cl2N12O5.C2H7P/c45-29-19-47-43(49-23-9-13-31-27(17-23)39(57-55-31)37-15-11-25(21-59)61-37)53-41(29)51-33-5-1-3-7-35(33)63-36-8-4-2-6-34(36)52-42-30(46)20-48-44(54-42)50-24-10-14-32-28(18-24)40(58-56-32)38-16-12-26(22-60)62-38;1-3-2/h1-20,59-60H,21-22H2,(H,55,57)(H,56,58)(H2,47,49,51,53)(H2,48,50,52,54);3H,1-2H3. The van der Waals surface area contributed by atoms with Crippen LogP contribution >= 0.6 is 31.8 Å². The number of nitrogens with zero attached hydrogens (tertiary/aromatic N) is 6. The van der Waals surface area contributed by atoms with Gasteiger partial charge in [-0.3, -0.25) is 10.2 Å². The van der Waals surface area contributed by atoms with E-state index in [1.165, 1.54) is 12.4 Å². The average molecular weight is 942 g/mol. The molecule has 0 aliphatic rings. The summed E-state index contributed by atoms with van der Waals surface area (Å²) >= 11 is 13.3. The van der Waals surface area contributed by atoms with Crippen LogP contribution in [0.2, 0.25) is 10.0 Å². The number of hydrogen-bond acceptors (Lipinski definition) is 15. The summed E-state index contributed by atoms with van der Waals surface area (Å²) in [4.78, 5) is 18.2. The summed E-state index contributed by atoms with van der Waals surface area (Å²) in [6.45, 7) is 3.88. The summed E-state index contributed by atoms with van der Waals surface area (Å²) in [6.07, 6.45) is 3.00. The number of fused-ring (bicyclic) bond motifs is 2. The molecule has 0 saturated heterocycles. The van der Waals surface area contributed by atoms with Gasteiger partial charge in [-0.25, -0.2) is 9.97 Å². The first-order chi connectivity index (χ1) is 32.3. The van der Waals surface area contributed by atoms with Crippen LogP contribution in [0.1, 0.15) is 11.5 Å². The Morgan fingerprint density at radius 1 is 0.591 bits per heavy atom. The van der Waals surface area contributed by atoms with E-state index in [1.807, 2.05) is 84.9 Å². The van der Waals surface area contributed by atoms with E-state index < -0.39 is 0 Å². The van der Waals surface area contributed by atoms with Crippen LogP contribution in [0.5, 0.6) is 11.5 Å². The van der Waals surface area contributed by atoms with E-state index in [0.717, 1.165) is 30.4 Å². The Morgan fingerprint density at radius 2 is 1.03 bits per heavy atom. The van der Waals surface area contributed by atoms with E-state index in [4.69, 9.17) is 36.8 Å². The number of anilines is 8. The summed E-state index contributed by atoms with van der Waals surface area (Å²) in [7, 11) is 1.08. The zero-order valence-electron chi connectivity index (χ0n) is 35.0. The van der Waals surface area contributed by atoms with Crippen molar-refractivity contribution in [3.05, 3.63) is 143 Å². The number of aromatic nitrogens is 8. The first kappa shape index (κ1) is 43.7. The SMILES string of the molecule is CPC.OCc1ccc(-c2n[nH]c3ccc(Nc4ncc(Cl)c(Nc5ccccc5Oc5ccccc5Nc5nc(Nc6ccc7[nH]nc(-c8ccc(CO)o8)c7c6)ncc5Cl)n4)cc23)o1. The molecule has 0 fully saturated rings. The fourth-order valence-electron chi connectivity index (χ4n) is 6.72. The number of rotatable bonds is 14. The monoisotopic (exact) mass is 940 g/mol. The molecular weight excluding hydrogens is 902 g/mol. The quantitative estimate of drug-likeness (QED) is 0.0474. The van der Waals surface area contributed by atoms with Crippen molar-refractivity contribution in [1.29, 1.82) is 0 Å². The Kier molecular flexibility index (Phi) is 13.0. The number of halogens is 2. The maximum absolute atomic E-state index is 9.46. The lowest BCUT2D eigenvalue weighted by Crippen LogP contribution is -2.03. The Hall–Kier alpha value is -7.53. The normalized spacial score (nSPS) is 11.1. The molecule has 10 aromatic rings. The van der Waals surface area contributed by atoms with E-state index in [-0.39, 0.29) is 35.2 Å². The minimum absolute atomic E-state index is 0.211. The van der Waals surface area contributed by atoms with Gasteiger partial charge in [0.05, 0.1) is 34.8 Å². The van der Waals surface area contributed by atoms with E-state index in [1.54, 1.807) is 24.3 Å². The molecule has 0 unspecified atom stereocenters. The molecule has 10 rings (SSSR count). The van der Waals surface area contributed by atoms with Gasteiger partial charge >= 0.3 is 0 Å². The van der Waals surface area contributed by atoms with E-state index in [9.17, 15) is 10.2 Å². The summed E-state index contributed by atoms with van der Waals surface area (Å²) in [5, 5.41) is 49.0. The van der Waals surface area contributed by atoms with Crippen LogP contribution in [0.3, 0.4) is 0 Å². The van der Waals surface area contributed by atoms with Crippen LogP contribution in [0.25, 0.3) is 44.7 Å². The number of hydrogen-bond donors (Lipinski definition) is 8. The van der Waals surface area contributed by atoms with Crippen molar-refractivity contribution in [2.45, 2.75) is 13.2 Å². The van der Waals surface area contributed by atoms with Crippen molar-refractivity contribution in [1.82, 2.24) is 40.3 Å². The molecular formula is C46H39Cl2N12O5P. The minimum Gasteiger partial charge on any atom is -0.457 e. The van der Waals surface area contributed by atoms with Crippen LogP contribution in [-0.2, 0) is 13.2 Å². The molecule has 0 aliphatic carbocycles. The van der Waals surface area contributed by atoms with Crippen molar-refractivity contribution < 1.29 is 23.8 Å². The lowest BCUT2D eigenvalue weighted by molar-refractivity contribution is 0.248. The molecule has 0 saturated carbocycles. The number of para-hydroxylation sites is 4. The van der Waals surface area contributed by atoms with E-state index >= 15 is 0 Å². The Labute approximate surface area is 387 Å². The summed E-state index contributed by atoms with van der Waals surface area (Å²) in [6, 6.07) is 33.0. The number of benzene rings is 4. The second-order valence-corrected chi connectivity index (χ2v) is 16.2. The zero-order valence-corrected chi connectivity index (χ0v) is 37.5. The van der Waals surface area contributed by atoms with Gasteiger partial charge in [0.1, 0.15) is 46.2 Å². The summed E-state index contributed by atoms with van der Waals surface area (Å²) in [5.74, 6) is 4.12. The highest BCUT2D eigenvalue weighted by molar-refractivity contribution is 7.35. The largest absolute Gasteiger partial charge is 0.457 e. The Balaban J connectivity index is 0.00000178. The van der Waals surface area contributed by atoms with Gasteiger partial charge in [0.15, 0.2) is 34.7 Å². The summed E-state index contributed by atoms with van der Waals surface area (Å²) < 4.78 is 18.0. The van der Waals surface area contributed by atoms with Gasteiger partial charge in [0, 0.05) is 22.1 Å². The number of aliphatic hydroxyl groups is 2. The van der Waals surface area contributed by atoms with E-state index in [0.29, 0.717) is 80.3 Å². The number of nitrogens with one attached hydrogen (secondary N) is 6. The number of H-pyrrole nitrogens is 2. The average Bonchev–Trinajstić information content (AvgIpc) is 4.17. The number of furan rings is 2. The van der Waals surface area contributed by atoms with Crippen LogP contribution < -0.4 is 26.0 Å². The third-order valence-corrected chi connectivity index (χ3v) is 10.3. The number of aromatic amines is 2. The topological polar surface area (TPSA) is 233 Å². The maximum atomic E-state index is 9.46. The lowest BCUT2D eigenvalue weighted by atomic mass is 10.1. The molecule has 17 nitrogen and oxygen atoms in total. The number of ether oxygens (including phenoxy) is 1. The lowest BCUT2D eigenvalue weighted by Gasteiger charge is -2.17. The Bertz CT molecular complexity index is 3090. The second kappa shape index (κ2) is 19.7. The van der Waals surface area contributed by atoms with Crippen molar-refractivity contribution in [2.75, 3.05) is 34.6 Å². The molecule has 20 heteroatoms. The molecule has 66 heavy (non-hydrogen) atoms. The van der Waals surface area contributed by atoms with E-state index in [2.05, 4.69) is 74.9 Å². The van der Waals surface area contributed by atoms with Crippen LogP contribution in [-0.4, -0.2) is 63.9 Å². The van der Waals surface area contributed by atoms with Crippen molar-refractivity contribution in [2.24, 2.45) is 0 Å². The molecule has 0 amide bonds. The zero-order chi connectivity index (χ0) is 45.6. The van der Waals surface area contributed by atoms with Gasteiger partial charge in [-0.05, 0) is 98.3 Å². The molecule has 0 bridgehead atoms. The highest BCUT2D eigenvalue weighted by Gasteiger charge is 2.18. The van der Waals surface area contributed by atoms with Gasteiger partial charge in [0.25, 0.3) is 0 Å². The Morgan fingerprint density at radius 3 is 1.45 bits per heavy atom. The van der Waals surface area contributed by atoms with Crippen LogP contribution in [0.15, 0.2) is 130 Å². The van der Waals surface area contributed by atoms with Crippen LogP contribution in [0.4, 0.5) is 46.3 Å². The van der Waals surface area contributed by atoms with Crippen molar-refractivity contribution in [3.63, 3.8) is 0 Å². The van der Waals surface area contributed by atoms with Gasteiger partial charge < -0.3 is 45.1 Å². The third kappa shape index (κ3) is 9.61. The van der Waals surface area contributed by atoms with Crippen molar-refractivity contribution in [3.8, 4) is 34.4 Å². The molecule has 6 aromatic heterocycles. The third-order valence-electron chi connectivity index (χ3n) is 9.73.